The number of para-hydroxylation sites is 1. The summed E-state index contributed by atoms with van der Waals surface area (Å²) in [5.74, 6) is 4.02. The molecule has 0 spiro atoms. The van der Waals surface area contributed by atoms with E-state index in [-0.39, 0.29) is 12.0 Å². The Labute approximate surface area is 223 Å². The quantitative estimate of drug-likeness (QED) is 0.294. The second kappa shape index (κ2) is 11.7. The summed E-state index contributed by atoms with van der Waals surface area (Å²) in [6.45, 7) is 3.50. The van der Waals surface area contributed by atoms with Crippen molar-refractivity contribution in [3.05, 3.63) is 65.7 Å². The summed E-state index contributed by atoms with van der Waals surface area (Å²) in [4.78, 5) is 13.9. The van der Waals surface area contributed by atoms with Crippen LogP contribution >= 0.6 is 0 Å². The first-order valence-electron chi connectivity index (χ1n) is 13.1. The van der Waals surface area contributed by atoms with E-state index in [0.717, 1.165) is 41.2 Å². The van der Waals surface area contributed by atoms with E-state index in [9.17, 15) is 0 Å². The molecular weight excluding hydrogens is 482 g/mol. The van der Waals surface area contributed by atoms with Crippen molar-refractivity contribution in [1.82, 2.24) is 19.5 Å². The molecule has 38 heavy (non-hydrogen) atoms. The van der Waals surface area contributed by atoms with Crippen LogP contribution in [0.3, 0.4) is 0 Å². The molecular formula is C29H35N5O4. The molecule has 1 unspecified atom stereocenters. The van der Waals surface area contributed by atoms with Gasteiger partial charge in [-0.15, -0.1) is 0 Å². The second-order valence-corrected chi connectivity index (χ2v) is 9.75. The molecule has 0 bridgehead atoms. The van der Waals surface area contributed by atoms with Gasteiger partial charge < -0.3 is 29.2 Å². The summed E-state index contributed by atoms with van der Waals surface area (Å²) in [6, 6.07) is 13.9. The zero-order valence-electron chi connectivity index (χ0n) is 22.2. The number of imidazole rings is 1. The van der Waals surface area contributed by atoms with Gasteiger partial charge in [0.25, 0.3) is 0 Å². The van der Waals surface area contributed by atoms with Gasteiger partial charge in [0.1, 0.15) is 11.6 Å². The Morgan fingerprint density at radius 3 is 2.58 bits per heavy atom. The van der Waals surface area contributed by atoms with Crippen molar-refractivity contribution in [1.29, 1.82) is 0 Å². The molecule has 200 valence electrons. The molecule has 1 saturated carbocycles. The Kier molecular flexibility index (Phi) is 7.93. The molecule has 0 saturated heterocycles. The van der Waals surface area contributed by atoms with Crippen molar-refractivity contribution in [3.63, 3.8) is 0 Å². The minimum absolute atomic E-state index is 0.0302. The summed E-state index contributed by atoms with van der Waals surface area (Å²) in [5, 5.41) is 0. The molecule has 2 heterocycles. The highest BCUT2D eigenvalue weighted by Crippen LogP contribution is 2.33. The lowest BCUT2D eigenvalue weighted by Crippen LogP contribution is -2.12. The van der Waals surface area contributed by atoms with E-state index in [2.05, 4.69) is 4.98 Å². The van der Waals surface area contributed by atoms with E-state index in [0.29, 0.717) is 42.9 Å². The molecule has 0 amide bonds. The van der Waals surface area contributed by atoms with Gasteiger partial charge in [-0.3, -0.25) is 0 Å². The van der Waals surface area contributed by atoms with Crippen LogP contribution < -0.4 is 19.9 Å². The minimum Gasteiger partial charge on any atom is -0.496 e. The number of ether oxygens (including phenoxy) is 4. The molecule has 1 atom stereocenters. The van der Waals surface area contributed by atoms with Crippen LogP contribution in [0, 0.1) is 0 Å². The maximum Gasteiger partial charge on any atom is 0.166 e. The summed E-state index contributed by atoms with van der Waals surface area (Å²) < 4.78 is 25.2. The first kappa shape index (κ1) is 25.8. The highest BCUT2D eigenvalue weighted by molar-refractivity contribution is 5.65. The van der Waals surface area contributed by atoms with Gasteiger partial charge in [0.05, 0.1) is 46.4 Å². The Morgan fingerprint density at radius 2 is 1.79 bits per heavy atom. The van der Waals surface area contributed by atoms with Crippen LogP contribution in [0.15, 0.2) is 48.8 Å². The Morgan fingerprint density at radius 1 is 1.00 bits per heavy atom. The first-order valence-corrected chi connectivity index (χ1v) is 13.1. The number of hydrogen-bond donors (Lipinski definition) is 1. The number of rotatable bonds is 11. The Hall–Kier alpha value is -3.85. The van der Waals surface area contributed by atoms with Crippen LogP contribution in [0.1, 0.15) is 55.5 Å². The third-order valence-electron chi connectivity index (χ3n) is 6.94. The number of nitrogen functional groups attached to an aromatic ring is 1. The monoisotopic (exact) mass is 517 g/mol. The molecule has 1 aliphatic carbocycles. The van der Waals surface area contributed by atoms with Crippen LogP contribution in [0.4, 0.5) is 5.82 Å². The van der Waals surface area contributed by atoms with Crippen molar-refractivity contribution >= 4 is 5.82 Å². The maximum atomic E-state index is 6.28. The van der Waals surface area contributed by atoms with Gasteiger partial charge in [-0.05, 0) is 49.4 Å². The summed E-state index contributed by atoms with van der Waals surface area (Å²) in [7, 11) is 3.33. The van der Waals surface area contributed by atoms with E-state index in [1.54, 1.807) is 20.5 Å². The average molecular weight is 518 g/mol. The zero-order chi connectivity index (χ0) is 26.5. The average Bonchev–Trinajstić information content (AvgIpc) is 3.62. The van der Waals surface area contributed by atoms with Gasteiger partial charge in [0, 0.05) is 11.5 Å². The fraction of sp³-hybridized carbons (Fsp3) is 0.414. The van der Waals surface area contributed by atoms with Gasteiger partial charge >= 0.3 is 0 Å². The molecule has 1 fully saturated rings. The van der Waals surface area contributed by atoms with E-state index in [4.69, 9.17) is 34.6 Å². The molecule has 5 rings (SSSR count). The SMILES string of the molecule is COc1ccccc1COCC(C)c1nc2c(N)ncn(Cc3ccc(OC)c(OC4CCCC4)c3)c-2n1. The highest BCUT2D eigenvalue weighted by atomic mass is 16.5. The molecule has 0 radical (unpaired) electrons. The predicted octanol–water partition coefficient (Wildman–Crippen LogP) is 5.07. The number of aromatic nitrogens is 4. The second-order valence-electron chi connectivity index (χ2n) is 9.75. The van der Waals surface area contributed by atoms with Crippen molar-refractivity contribution < 1.29 is 18.9 Å². The summed E-state index contributed by atoms with van der Waals surface area (Å²) in [5.41, 5.74) is 8.83. The number of hydrogen-bond acceptors (Lipinski definition) is 8. The number of anilines is 1. The van der Waals surface area contributed by atoms with Gasteiger partial charge in [0.15, 0.2) is 28.8 Å². The molecule has 2 aromatic rings. The smallest absolute Gasteiger partial charge is 0.166 e. The van der Waals surface area contributed by atoms with Gasteiger partial charge in [-0.25, -0.2) is 15.0 Å². The van der Waals surface area contributed by atoms with Crippen molar-refractivity contribution in [2.45, 2.75) is 57.8 Å². The lowest BCUT2D eigenvalue weighted by molar-refractivity contribution is 0.107. The van der Waals surface area contributed by atoms with Crippen LogP contribution in [-0.2, 0) is 17.9 Å². The number of benzene rings is 2. The summed E-state index contributed by atoms with van der Waals surface area (Å²) >= 11 is 0. The topological polar surface area (TPSA) is 107 Å². The third-order valence-corrected chi connectivity index (χ3v) is 6.94. The molecule has 9 heteroatoms. The van der Waals surface area contributed by atoms with Gasteiger partial charge in [-0.1, -0.05) is 31.2 Å². The maximum absolute atomic E-state index is 6.28. The minimum atomic E-state index is -0.0302. The standard InChI is InChI=1S/C29H35N5O4/c1-19(16-37-17-21-8-4-7-11-23(21)35-2)28-32-26-27(30)31-18-34(29(26)33-28)15-20-12-13-24(36-3)25(14-20)38-22-9-5-6-10-22/h4,7-8,11-14,18-19,22H,5-6,9-10,15-17,30H2,1-3H3. The Balaban J connectivity index is 1.31. The molecule has 3 aliphatic rings. The fourth-order valence-electron chi connectivity index (χ4n) is 4.84. The molecule has 2 aliphatic heterocycles. The van der Waals surface area contributed by atoms with Crippen molar-refractivity contribution in [3.8, 4) is 28.8 Å². The first-order chi connectivity index (χ1) is 18.6. The van der Waals surface area contributed by atoms with Crippen molar-refractivity contribution in [2.24, 2.45) is 0 Å². The van der Waals surface area contributed by atoms with Gasteiger partial charge in [-0.2, -0.15) is 0 Å². The van der Waals surface area contributed by atoms with Crippen LogP contribution in [0.25, 0.3) is 11.5 Å². The molecule has 2 aromatic carbocycles. The molecule has 9 nitrogen and oxygen atoms in total. The Bertz CT molecular complexity index is 1330. The number of nitrogens with zero attached hydrogens (tertiary/aromatic N) is 4. The van der Waals surface area contributed by atoms with E-state index in [1.165, 1.54) is 12.8 Å². The third kappa shape index (κ3) is 5.67. The van der Waals surface area contributed by atoms with E-state index in [1.807, 2.05) is 54.0 Å². The van der Waals surface area contributed by atoms with E-state index < -0.39 is 0 Å². The largest absolute Gasteiger partial charge is 0.496 e. The highest BCUT2D eigenvalue weighted by Gasteiger charge is 2.23. The van der Waals surface area contributed by atoms with Crippen LogP contribution in [0.5, 0.6) is 17.2 Å². The molecule has 2 N–H and O–H groups in total. The fourth-order valence-corrected chi connectivity index (χ4v) is 4.84. The van der Waals surface area contributed by atoms with Gasteiger partial charge in [0.2, 0.25) is 0 Å². The lowest BCUT2D eigenvalue weighted by atomic mass is 10.2. The van der Waals surface area contributed by atoms with E-state index >= 15 is 0 Å². The van der Waals surface area contributed by atoms with Crippen LogP contribution in [0.2, 0.25) is 0 Å². The number of nitrogens with two attached hydrogens (primary N) is 1. The molecule has 0 aromatic heterocycles. The number of fused-ring (bicyclic) bond motifs is 1. The zero-order valence-corrected chi connectivity index (χ0v) is 22.2. The predicted molar refractivity (Wildman–Crippen MR) is 145 cm³/mol. The normalized spacial score (nSPS) is 14.6. The van der Waals surface area contributed by atoms with Crippen molar-refractivity contribution in [2.75, 3.05) is 26.6 Å². The lowest BCUT2D eigenvalue weighted by Gasteiger charge is -2.17. The number of methoxy groups -OCH3 is 2. The summed E-state index contributed by atoms with van der Waals surface area (Å²) in [6.07, 6.45) is 6.53. The van der Waals surface area contributed by atoms with Crippen LogP contribution in [-0.4, -0.2) is 46.4 Å².